The van der Waals surface area contributed by atoms with Crippen molar-refractivity contribution in [3.05, 3.63) is 205 Å². The van der Waals surface area contributed by atoms with E-state index in [2.05, 4.69) is 231 Å². The normalized spacial score (nSPS) is 11.6. The zero-order valence-corrected chi connectivity index (χ0v) is 33.9. The number of fused-ring (bicyclic) bond motifs is 4. The molecule has 0 aromatic heterocycles. The average Bonchev–Trinajstić information content (AvgIpc) is 3.26. The Morgan fingerprint density at radius 1 is 0.339 bits per heavy atom. The molecule has 9 rings (SSSR count). The summed E-state index contributed by atoms with van der Waals surface area (Å²) in [7, 11) is -4.88. The lowest BCUT2D eigenvalue weighted by molar-refractivity contribution is 1.41. The van der Waals surface area contributed by atoms with Crippen LogP contribution in [-0.2, 0) is 0 Å². The predicted molar refractivity (Wildman–Crippen MR) is 247 cm³/mol. The molecule has 9 aromatic carbocycles. The third kappa shape index (κ3) is 6.44. The third-order valence-corrected chi connectivity index (χ3v) is 20.2. The maximum atomic E-state index is 4.03. The Kier molecular flexibility index (Phi) is 9.46. The van der Waals surface area contributed by atoms with Gasteiger partial charge in [0.05, 0.1) is 0 Å². The van der Waals surface area contributed by atoms with Gasteiger partial charge in [0.2, 0.25) is 0 Å². The molecule has 0 N–H and O–H groups in total. The van der Waals surface area contributed by atoms with Crippen molar-refractivity contribution in [2.45, 2.75) is 25.9 Å². The van der Waals surface area contributed by atoms with Crippen LogP contribution in [0.5, 0.6) is 0 Å². The van der Waals surface area contributed by atoms with Gasteiger partial charge in [0.1, 0.15) is 0 Å². The minimum atomic E-state index is -2.46. The second-order valence-corrected chi connectivity index (χ2v) is 22.7. The maximum absolute atomic E-state index is 4.03. The van der Waals surface area contributed by atoms with Gasteiger partial charge in [0.15, 0.2) is 16.1 Å². The third-order valence-electron chi connectivity index (χ3n) is 11.7. The van der Waals surface area contributed by atoms with Crippen LogP contribution in [0, 0.1) is 22.9 Å². The summed E-state index contributed by atoms with van der Waals surface area (Å²) in [5.74, 6) is 7.67. The van der Waals surface area contributed by atoms with E-state index in [4.69, 9.17) is 0 Å². The van der Waals surface area contributed by atoms with Gasteiger partial charge < -0.3 is 0 Å². The highest BCUT2D eigenvalue weighted by Crippen LogP contribution is 2.32. The van der Waals surface area contributed by atoms with Gasteiger partial charge in [-0.2, -0.15) is 0 Å². The Bertz CT molecular complexity index is 2900. The molecule has 0 amide bonds. The highest BCUT2D eigenvalue weighted by molar-refractivity contribution is 7.08. The van der Waals surface area contributed by atoms with Crippen molar-refractivity contribution in [3.8, 4) is 22.9 Å². The molecule has 0 atom stereocenters. The molecule has 0 spiro atoms. The molecule has 266 valence electrons. The van der Waals surface area contributed by atoms with Crippen LogP contribution >= 0.6 is 0 Å². The number of rotatable bonds is 6. The molecule has 0 bridgehead atoms. The Morgan fingerprint density at radius 2 is 0.696 bits per heavy atom. The molecule has 0 heterocycles. The summed E-state index contributed by atoms with van der Waals surface area (Å²) in [5.41, 5.74) is 10.1. The van der Waals surface area contributed by atoms with Crippen LogP contribution in [0.15, 0.2) is 194 Å². The first-order chi connectivity index (χ1) is 27.6. The van der Waals surface area contributed by atoms with Crippen molar-refractivity contribution >= 4 is 80.0 Å². The second-order valence-electron chi connectivity index (χ2n) is 14.8. The van der Waals surface area contributed by atoms with Crippen molar-refractivity contribution < 1.29 is 0 Å². The van der Waals surface area contributed by atoms with Crippen molar-refractivity contribution in [1.29, 1.82) is 0 Å². The zero-order chi connectivity index (χ0) is 38.0. The van der Waals surface area contributed by atoms with Gasteiger partial charge in [-0.3, -0.25) is 0 Å². The quantitative estimate of drug-likeness (QED) is 0.0903. The number of benzene rings is 9. The Morgan fingerprint density at radius 3 is 1.12 bits per heavy atom. The zero-order valence-electron chi connectivity index (χ0n) is 31.9. The van der Waals surface area contributed by atoms with Crippen LogP contribution in [0.3, 0.4) is 0 Å². The van der Waals surface area contributed by atoms with E-state index in [1.165, 1.54) is 63.8 Å². The molecule has 9 aromatic rings. The summed E-state index contributed by atoms with van der Waals surface area (Å²) in [4.78, 5) is 0. The number of hydrogen-bond donors (Lipinski definition) is 0. The lowest BCUT2D eigenvalue weighted by Gasteiger charge is -2.26. The standard InChI is InChI=1S/C54H42Si2/c1-3-55(50-21-9-5-10-22-50,51-23-11-6-12-24-51)31-29-41-33-44(30-32-56(4-2,52-25-13-7-14-26-52)53-27-15-8-16-28-53)54-40-48-38-46-36-43-20-18-17-19-42(43)35-45(46)37-47(48)39-49(54)34-41/h5-28,33-40H,3-4H2,1-2H3. The molecule has 0 radical (unpaired) electrons. The molecule has 0 nitrogen and oxygen atoms in total. The van der Waals surface area contributed by atoms with E-state index < -0.39 is 16.1 Å². The predicted octanol–water partition coefficient (Wildman–Crippen LogP) is 10.6. The molecule has 0 aliphatic carbocycles. The summed E-state index contributed by atoms with van der Waals surface area (Å²) in [6.07, 6.45) is 0. The van der Waals surface area contributed by atoms with E-state index in [1.807, 2.05) is 0 Å². The first kappa shape index (κ1) is 35.3. The lowest BCUT2D eigenvalue weighted by atomic mass is 9.95. The smallest absolute Gasteiger partial charge is 0.115 e. The fourth-order valence-electron chi connectivity index (χ4n) is 8.59. The average molecular weight is 747 g/mol. The Hall–Kier alpha value is -6.43. The second kappa shape index (κ2) is 15.0. The monoisotopic (exact) mass is 746 g/mol. The van der Waals surface area contributed by atoms with Gasteiger partial charge in [0, 0.05) is 11.1 Å². The molecule has 2 heteroatoms. The molecule has 56 heavy (non-hydrogen) atoms. The Balaban J connectivity index is 1.29. The molecule has 0 unspecified atom stereocenters. The molecule has 0 aliphatic rings. The minimum absolute atomic E-state index is 0.979. The Labute approximate surface area is 332 Å². The summed E-state index contributed by atoms with van der Waals surface area (Å²) in [6, 6.07) is 73.1. The number of hydrogen-bond acceptors (Lipinski definition) is 0. The fraction of sp³-hybridized carbons (Fsp3) is 0.0741. The van der Waals surface area contributed by atoms with Crippen LogP contribution < -0.4 is 20.7 Å². The van der Waals surface area contributed by atoms with Crippen LogP contribution in [-0.4, -0.2) is 16.1 Å². The van der Waals surface area contributed by atoms with E-state index in [9.17, 15) is 0 Å². The van der Waals surface area contributed by atoms with E-state index in [1.54, 1.807) is 0 Å². The fourth-order valence-corrected chi connectivity index (χ4v) is 15.6. The molecular formula is C54H42Si2. The first-order valence-corrected chi connectivity index (χ1v) is 24.1. The van der Waals surface area contributed by atoms with E-state index in [-0.39, 0.29) is 0 Å². The van der Waals surface area contributed by atoms with Gasteiger partial charge in [-0.25, -0.2) is 0 Å². The SMILES string of the molecule is CC[Si](C#Cc1cc(C#C[Si](CC)(c2ccccc2)c2ccccc2)c2cc3cc4cc5ccccc5cc4cc3cc2c1)(c1ccccc1)c1ccccc1. The van der Waals surface area contributed by atoms with E-state index in [0.29, 0.717) is 0 Å². The van der Waals surface area contributed by atoms with Crippen LogP contribution in [0.25, 0.3) is 43.1 Å². The van der Waals surface area contributed by atoms with Crippen molar-refractivity contribution in [3.63, 3.8) is 0 Å². The molecule has 0 fully saturated rings. The van der Waals surface area contributed by atoms with Gasteiger partial charge >= 0.3 is 0 Å². The summed E-state index contributed by atoms with van der Waals surface area (Å²) in [6.45, 7) is 4.62. The highest BCUT2D eigenvalue weighted by atomic mass is 28.3. The van der Waals surface area contributed by atoms with Gasteiger partial charge in [-0.15, -0.1) is 11.1 Å². The highest BCUT2D eigenvalue weighted by Gasteiger charge is 2.35. The van der Waals surface area contributed by atoms with Gasteiger partial charge in [-0.05, 0) is 124 Å². The molecule has 0 saturated carbocycles. The molecule has 0 aliphatic heterocycles. The largest absolute Gasteiger partial charge is 0.199 e. The van der Waals surface area contributed by atoms with Crippen LogP contribution in [0.1, 0.15) is 25.0 Å². The topological polar surface area (TPSA) is 0 Å². The molecular weight excluding hydrogens is 705 g/mol. The van der Waals surface area contributed by atoms with E-state index in [0.717, 1.165) is 23.2 Å². The van der Waals surface area contributed by atoms with Crippen LogP contribution in [0.4, 0.5) is 0 Å². The minimum Gasteiger partial charge on any atom is -0.115 e. The van der Waals surface area contributed by atoms with Gasteiger partial charge in [-0.1, -0.05) is 171 Å². The lowest BCUT2D eigenvalue weighted by Crippen LogP contribution is -2.57. The van der Waals surface area contributed by atoms with Gasteiger partial charge in [0.25, 0.3) is 0 Å². The first-order valence-electron chi connectivity index (χ1n) is 19.7. The summed E-state index contributed by atoms with van der Waals surface area (Å²) < 4.78 is 0. The maximum Gasteiger partial charge on any atom is 0.199 e. The summed E-state index contributed by atoms with van der Waals surface area (Å²) >= 11 is 0. The molecule has 0 saturated heterocycles. The summed E-state index contributed by atoms with van der Waals surface area (Å²) in [5, 5.41) is 15.2. The van der Waals surface area contributed by atoms with Crippen molar-refractivity contribution in [1.82, 2.24) is 0 Å². The van der Waals surface area contributed by atoms with Crippen molar-refractivity contribution in [2.75, 3.05) is 0 Å². The van der Waals surface area contributed by atoms with Crippen LogP contribution in [0.2, 0.25) is 12.1 Å². The van der Waals surface area contributed by atoms with E-state index >= 15 is 0 Å². The van der Waals surface area contributed by atoms with Crippen molar-refractivity contribution in [2.24, 2.45) is 0 Å².